The van der Waals surface area contributed by atoms with Crippen LogP contribution in [0, 0.1) is 5.82 Å². The first-order chi connectivity index (χ1) is 14.9. The lowest BCUT2D eigenvalue weighted by Gasteiger charge is -2.36. The molecular formula is C21H26FN3O5S. The second-order valence-electron chi connectivity index (χ2n) is 7.37. The molecule has 0 radical (unpaired) electrons. The molecule has 3 atom stereocenters. The van der Waals surface area contributed by atoms with Crippen molar-refractivity contribution in [3.05, 3.63) is 60.2 Å². The molecule has 0 spiro atoms. The monoisotopic (exact) mass is 451 g/mol. The number of nitrogens with zero attached hydrogens (tertiary/aromatic N) is 1. The van der Waals surface area contributed by atoms with Crippen LogP contribution in [-0.4, -0.2) is 55.8 Å². The van der Waals surface area contributed by atoms with Crippen LogP contribution in [0.2, 0.25) is 0 Å². The van der Waals surface area contributed by atoms with Gasteiger partial charge in [0.25, 0.3) is 0 Å². The molecule has 0 unspecified atom stereocenters. The number of nitrogens with one attached hydrogen (secondary N) is 2. The van der Waals surface area contributed by atoms with Crippen molar-refractivity contribution in [3.63, 3.8) is 0 Å². The van der Waals surface area contributed by atoms with Gasteiger partial charge in [0.1, 0.15) is 5.82 Å². The molecule has 31 heavy (non-hydrogen) atoms. The molecule has 1 fully saturated rings. The van der Waals surface area contributed by atoms with Gasteiger partial charge in [-0.05, 0) is 55.7 Å². The van der Waals surface area contributed by atoms with E-state index in [9.17, 15) is 22.7 Å². The molecule has 1 aliphatic heterocycles. The number of benzene rings is 1. The summed E-state index contributed by atoms with van der Waals surface area (Å²) in [6, 6.07) is 9.31. The van der Waals surface area contributed by atoms with E-state index in [4.69, 9.17) is 4.74 Å². The van der Waals surface area contributed by atoms with Gasteiger partial charge in [0, 0.05) is 18.4 Å². The fourth-order valence-electron chi connectivity index (χ4n) is 3.46. The molecule has 1 aromatic carbocycles. The van der Waals surface area contributed by atoms with Crippen LogP contribution in [0.1, 0.15) is 25.0 Å². The van der Waals surface area contributed by atoms with Crippen LogP contribution < -0.4 is 10.0 Å². The Morgan fingerprint density at radius 2 is 1.97 bits per heavy atom. The number of aliphatic hydroxyl groups is 1. The minimum atomic E-state index is -3.87. The average Bonchev–Trinajstić information content (AvgIpc) is 2.75. The van der Waals surface area contributed by atoms with E-state index in [-0.39, 0.29) is 29.9 Å². The molecular weight excluding hydrogens is 425 g/mol. The summed E-state index contributed by atoms with van der Waals surface area (Å²) in [7, 11) is -3.87. The third kappa shape index (κ3) is 6.79. The maximum absolute atomic E-state index is 13.1. The highest BCUT2D eigenvalue weighted by Crippen LogP contribution is 2.23. The minimum absolute atomic E-state index is 0.0525. The number of amides is 1. The van der Waals surface area contributed by atoms with E-state index in [1.807, 2.05) is 6.07 Å². The molecule has 8 nitrogen and oxygen atoms in total. The zero-order valence-corrected chi connectivity index (χ0v) is 17.7. The molecule has 3 rings (SSSR count). The molecule has 2 heterocycles. The Balaban J connectivity index is 1.46. The van der Waals surface area contributed by atoms with Gasteiger partial charge >= 0.3 is 0 Å². The van der Waals surface area contributed by atoms with Crippen molar-refractivity contribution in [1.29, 1.82) is 0 Å². The summed E-state index contributed by atoms with van der Waals surface area (Å²) in [6.45, 7) is 0.0552. The van der Waals surface area contributed by atoms with Crippen LogP contribution in [0.15, 0.2) is 53.6 Å². The number of pyridine rings is 1. The molecule has 1 saturated heterocycles. The topological polar surface area (TPSA) is 118 Å². The van der Waals surface area contributed by atoms with Gasteiger partial charge in [0.05, 0.1) is 36.2 Å². The average molecular weight is 452 g/mol. The van der Waals surface area contributed by atoms with Crippen LogP contribution in [0.4, 0.5) is 4.39 Å². The van der Waals surface area contributed by atoms with Crippen LogP contribution >= 0.6 is 0 Å². The van der Waals surface area contributed by atoms with E-state index in [2.05, 4.69) is 15.0 Å². The smallest absolute Gasteiger partial charge is 0.240 e. The van der Waals surface area contributed by atoms with Crippen molar-refractivity contribution >= 4 is 15.9 Å². The first-order valence-electron chi connectivity index (χ1n) is 10.1. The highest BCUT2D eigenvalue weighted by atomic mass is 32.2. The maximum atomic E-state index is 13.1. The minimum Gasteiger partial charge on any atom is -0.394 e. The summed E-state index contributed by atoms with van der Waals surface area (Å²) in [5.74, 6) is -0.665. The Labute approximate surface area is 180 Å². The Bertz CT molecular complexity index is 957. The van der Waals surface area contributed by atoms with E-state index >= 15 is 0 Å². The predicted octanol–water partition coefficient (Wildman–Crippen LogP) is 1.16. The second kappa shape index (κ2) is 10.8. The summed E-state index contributed by atoms with van der Waals surface area (Å²) in [4.78, 5) is 16.1. The molecule has 168 valence electrons. The zero-order valence-electron chi connectivity index (χ0n) is 16.9. The maximum Gasteiger partial charge on any atom is 0.240 e. The van der Waals surface area contributed by atoms with E-state index < -0.39 is 28.0 Å². The van der Waals surface area contributed by atoms with Gasteiger partial charge in [0.15, 0.2) is 0 Å². The van der Waals surface area contributed by atoms with Crippen molar-refractivity contribution in [3.8, 4) is 0 Å². The molecule has 10 heteroatoms. The molecule has 2 aromatic rings. The number of aliphatic hydroxyl groups excluding tert-OH is 1. The van der Waals surface area contributed by atoms with Gasteiger partial charge in [-0.3, -0.25) is 9.78 Å². The van der Waals surface area contributed by atoms with Gasteiger partial charge in [-0.2, -0.15) is 0 Å². The number of ether oxygens (including phenoxy) is 1. The molecule has 1 amide bonds. The summed E-state index contributed by atoms with van der Waals surface area (Å²) in [5, 5.41) is 12.5. The first kappa shape index (κ1) is 23.3. The van der Waals surface area contributed by atoms with Crippen molar-refractivity contribution in [2.75, 3.05) is 13.2 Å². The van der Waals surface area contributed by atoms with Crippen molar-refractivity contribution in [2.24, 2.45) is 0 Å². The normalized spacial score (nSPS) is 21.5. The van der Waals surface area contributed by atoms with Crippen molar-refractivity contribution in [1.82, 2.24) is 15.0 Å². The Hall–Kier alpha value is -2.40. The molecule has 0 saturated carbocycles. The van der Waals surface area contributed by atoms with E-state index in [1.165, 1.54) is 12.1 Å². The van der Waals surface area contributed by atoms with Gasteiger partial charge in [-0.15, -0.1) is 0 Å². The molecule has 3 N–H and O–H groups in total. The largest absolute Gasteiger partial charge is 0.394 e. The SMILES string of the molecule is O=C(Cc1ccccn1)NCC[C@@H]1CC[C@H](NS(=O)(=O)c2ccc(F)cc2)[C@H](CO)O1. The van der Waals surface area contributed by atoms with E-state index in [0.29, 0.717) is 31.5 Å². The lowest BCUT2D eigenvalue weighted by atomic mass is 9.98. The summed E-state index contributed by atoms with van der Waals surface area (Å²) < 4.78 is 46.5. The first-order valence-corrected chi connectivity index (χ1v) is 11.6. The van der Waals surface area contributed by atoms with Crippen LogP contribution in [0.25, 0.3) is 0 Å². The fourth-order valence-corrected chi connectivity index (χ4v) is 4.76. The van der Waals surface area contributed by atoms with Gasteiger partial charge in [0.2, 0.25) is 15.9 Å². The van der Waals surface area contributed by atoms with Crippen LogP contribution in [-0.2, 0) is 26.0 Å². The van der Waals surface area contributed by atoms with Gasteiger partial charge in [-0.25, -0.2) is 17.5 Å². The van der Waals surface area contributed by atoms with Crippen LogP contribution in [0.5, 0.6) is 0 Å². The van der Waals surface area contributed by atoms with Crippen molar-refractivity contribution < 1.29 is 27.4 Å². The van der Waals surface area contributed by atoms with Gasteiger partial charge < -0.3 is 15.2 Å². The predicted molar refractivity (Wildman–Crippen MR) is 111 cm³/mol. The molecule has 1 aromatic heterocycles. The number of carbonyl (C=O) groups excluding carboxylic acids is 1. The Kier molecular flexibility index (Phi) is 8.08. The van der Waals surface area contributed by atoms with Gasteiger partial charge in [-0.1, -0.05) is 6.07 Å². The number of rotatable bonds is 9. The fraction of sp³-hybridized carbons (Fsp3) is 0.429. The highest BCUT2D eigenvalue weighted by molar-refractivity contribution is 7.89. The summed E-state index contributed by atoms with van der Waals surface area (Å²) >= 11 is 0. The third-order valence-corrected chi connectivity index (χ3v) is 6.59. The number of carbonyl (C=O) groups is 1. The molecule has 0 bridgehead atoms. The van der Waals surface area contributed by atoms with E-state index in [1.54, 1.807) is 18.3 Å². The third-order valence-electron chi connectivity index (χ3n) is 5.08. The number of hydrogen-bond donors (Lipinski definition) is 3. The van der Waals surface area contributed by atoms with Crippen LogP contribution in [0.3, 0.4) is 0 Å². The lowest BCUT2D eigenvalue weighted by Crippen LogP contribution is -2.51. The van der Waals surface area contributed by atoms with Crippen molar-refractivity contribution in [2.45, 2.75) is 48.8 Å². The molecule has 0 aliphatic carbocycles. The number of aromatic nitrogens is 1. The number of hydrogen-bond acceptors (Lipinski definition) is 6. The standard InChI is InChI=1S/C21H26FN3O5S/c22-15-4-7-18(8-5-15)31(28,29)25-19-9-6-17(30-20(19)14-26)10-12-24-21(27)13-16-3-1-2-11-23-16/h1-5,7-8,11,17,19-20,25-26H,6,9-10,12-14H2,(H,24,27)/t17-,19-,20-/m0/s1. The number of sulfonamides is 1. The Morgan fingerprint density at radius 1 is 1.19 bits per heavy atom. The Morgan fingerprint density at radius 3 is 2.65 bits per heavy atom. The zero-order chi connectivity index (χ0) is 22.3. The highest BCUT2D eigenvalue weighted by Gasteiger charge is 2.33. The summed E-state index contributed by atoms with van der Waals surface area (Å²) in [6.07, 6.45) is 2.49. The number of halogens is 1. The second-order valence-corrected chi connectivity index (χ2v) is 9.09. The lowest BCUT2D eigenvalue weighted by molar-refractivity contribution is -0.121. The molecule has 1 aliphatic rings. The van der Waals surface area contributed by atoms with E-state index in [0.717, 1.165) is 12.1 Å². The quantitative estimate of drug-likeness (QED) is 0.527. The summed E-state index contributed by atoms with van der Waals surface area (Å²) in [5.41, 5.74) is 0.686.